The summed E-state index contributed by atoms with van der Waals surface area (Å²) in [6.45, 7) is 2.61. The number of rotatable bonds is 3. The molecule has 2 amide bonds. The largest absolute Gasteiger partial charge is 0.370 e. The molecule has 1 aromatic heterocycles. The number of anilines is 1. The summed E-state index contributed by atoms with van der Waals surface area (Å²) in [4.78, 5) is 30.5. The zero-order chi connectivity index (χ0) is 16.7. The fourth-order valence-electron chi connectivity index (χ4n) is 3.03. The molecular formula is C17H17ClN4O2. The van der Waals surface area contributed by atoms with Crippen molar-refractivity contribution in [2.75, 3.05) is 24.5 Å². The third-order valence-corrected chi connectivity index (χ3v) is 4.87. The number of pyridine rings is 1. The summed E-state index contributed by atoms with van der Waals surface area (Å²) >= 11 is 6.38. The van der Waals surface area contributed by atoms with Gasteiger partial charge in [0.1, 0.15) is 6.04 Å². The number of hydrogen-bond acceptors (Lipinski definition) is 4. The second-order valence-corrected chi connectivity index (χ2v) is 6.57. The highest BCUT2D eigenvalue weighted by molar-refractivity contribution is 6.34. The molecule has 2 N–H and O–H groups in total. The Balaban J connectivity index is 1.60. The van der Waals surface area contributed by atoms with Crippen LogP contribution in [0.15, 0.2) is 24.4 Å². The number of carbonyl (C=O) groups excluding carboxylic acids is 2. The fraction of sp³-hybridized carbons (Fsp3) is 0.353. The van der Waals surface area contributed by atoms with Crippen molar-refractivity contribution >= 4 is 40.0 Å². The third-order valence-electron chi connectivity index (χ3n) is 4.56. The van der Waals surface area contributed by atoms with Crippen molar-refractivity contribution < 1.29 is 9.59 Å². The summed E-state index contributed by atoms with van der Waals surface area (Å²) in [5.41, 5.74) is 2.22. The van der Waals surface area contributed by atoms with Gasteiger partial charge in [-0.2, -0.15) is 0 Å². The van der Waals surface area contributed by atoms with Crippen molar-refractivity contribution in [3.05, 3.63) is 35.0 Å². The van der Waals surface area contributed by atoms with Crippen molar-refractivity contribution in [3.63, 3.8) is 0 Å². The Morgan fingerprint density at radius 3 is 2.83 bits per heavy atom. The van der Waals surface area contributed by atoms with Crippen LogP contribution >= 0.6 is 11.6 Å². The zero-order valence-electron chi connectivity index (χ0n) is 13.0. The SMILES string of the molecule is O=C(NC1CCNC1=O)c1cnc2cc(N3CCC3)c(Cl)cc2c1. The van der Waals surface area contributed by atoms with Gasteiger partial charge in [-0.15, -0.1) is 0 Å². The molecule has 2 aliphatic rings. The monoisotopic (exact) mass is 344 g/mol. The second-order valence-electron chi connectivity index (χ2n) is 6.17. The van der Waals surface area contributed by atoms with Crippen LogP contribution in [0.25, 0.3) is 10.9 Å². The Hall–Kier alpha value is -2.34. The number of nitrogens with zero attached hydrogens (tertiary/aromatic N) is 2. The average molecular weight is 345 g/mol. The topological polar surface area (TPSA) is 74.3 Å². The van der Waals surface area contributed by atoms with Crippen LogP contribution in [-0.4, -0.2) is 42.5 Å². The molecule has 7 heteroatoms. The first-order chi connectivity index (χ1) is 11.6. The lowest BCUT2D eigenvalue weighted by Gasteiger charge is -2.34. The number of benzene rings is 1. The molecule has 0 radical (unpaired) electrons. The van der Waals surface area contributed by atoms with E-state index in [-0.39, 0.29) is 11.8 Å². The van der Waals surface area contributed by atoms with E-state index < -0.39 is 6.04 Å². The molecule has 2 aromatic rings. The molecule has 124 valence electrons. The van der Waals surface area contributed by atoms with E-state index in [1.807, 2.05) is 12.1 Å². The van der Waals surface area contributed by atoms with Crippen LogP contribution < -0.4 is 15.5 Å². The molecule has 0 bridgehead atoms. The molecule has 1 unspecified atom stereocenters. The molecule has 1 atom stereocenters. The van der Waals surface area contributed by atoms with Crippen LogP contribution in [0.2, 0.25) is 5.02 Å². The van der Waals surface area contributed by atoms with E-state index in [0.29, 0.717) is 23.6 Å². The second kappa shape index (κ2) is 5.94. The van der Waals surface area contributed by atoms with Crippen molar-refractivity contribution in [2.24, 2.45) is 0 Å². The first kappa shape index (κ1) is 15.2. The zero-order valence-corrected chi connectivity index (χ0v) is 13.8. The number of fused-ring (bicyclic) bond motifs is 1. The van der Waals surface area contributed by atoms with E-state index in [0.717, 1.165) is 29.7 Å². The van der Waals surface area contributed by atoms with Gasteiger partial charge in [0, 0.05) is 31.2 Å². The Morgan fingerprint density at radius 2 is 2.17 bits per heavy atom. The first-order valence-electron chi connectivity index (χ1n) is 8.04. The van der Waals surface area contributed by atoms with Crippen molar-refractivity contribution in [3.8, 4) is 0 Å². The molecule has 0 aliphatic carbocycles. The molecule has 0 spiro atoms. The van der Waals surface area contributed by atoms with Crippen molar-refractivity contribution in [1.82, 2.24) is 15.6 Å². The normalized spacial score (nSPS) is 20.0. The van der Waals surface area contributed by atoms with Crippen molar-refractivity contribution in [2.45, 2.75) is 18.9 Å². The molecule has 6 nitrogen and oxygen atoms in total. The third kappa shape index (κ3) is 2.67. The number of hydrogen-bond donors (Lipinski definition) is 2. The first-order valence-corrected chi connectivity index (χ1v) is 8.42. The number of aromatic nitrogens is 1. The number of halogens is 1. The molecule has 2 fully saturated rings. The lowest BCUT2D eigenvalue weighted by atomic mass is 10.1. The molecule has 2 saturated heterocycles. The maximum atomic E-state index is 12.3. The molecular weight excluding hydrogens is 328 g/mol. The number of nitrogens with one attached hydrogen (secondary N) is 2. The van der Waals surface area contributed by atoms with E-state index >= 15 is 0 Å². The summed E-state index contributed by atoms with van der Waals surface area (Å²) in [5.74, 6) is -0.436. The van der Waals surface area contributed by atoms with E-state index in [9.17, 15) is 9.59 Å². The Labute approximate surface area is 144 Å². The van der Waals surface area contributed by atoms with Gasteiger partial charge in [0.25, 0.3) is 5.91 Å². The molecule has 24 heavy (non-hydrogen) atoms. The van der Waals surface area contributed by atoms with Crippen LogP contribution in [-0.2, 0) is 4.79 Å². The lowest BCUT2D eigenvalue weighted by molar-refractivity contribution is -0.120. The summed E-state index contributed by atoms with van der Waals surface area (Å²) in [7, 11) is 0. The summed E-state index contributed by atoms with van der Waals surface area (Å²) in [6.07, 6.45) is 3.32. The Morgan fingerprint density at radius 1 is 1.33 bits per heavy atom. The molecule has 4 rings (SSSR count). The van der Waals surface area contributed by atoms with Gasteiger partial charge in [-0.25, -0.2) is 0 Å². The average Bonchev–Trinajstić information content (AvgIpc) is 2.91. The van der Waals surface area contributed by atoms with Crippen molar-refractivity contribution in [1.29, 1.82) is 0 Å². The van der Waals surface area contributed by atoms with Crippen LogP contribution in [0.3, 0.4) is 0 Å². The fourth-order valence-corrected chi connectivity index (χ4v) is 3.33. The van der Waals surface area contributed by atoms with E-state index in [1.165, 1.54) is 12.6 Å². The van der Waals surface area contributed by atoms with Gasteiger partial charge in [-0.3, -0.25) is 14.6 Å². The number of amides is 2. The van der Waals surface area contributed by atoms with Gasteiger partial charge >= 0.3 is 0 Å². The maximum Gasteiger partial charge on any atom is 0.253 e. The van der Waals surface area contributed by atoms with Crippen LogP contribution in [0.1, 0.15) is 23.2 Å². The van der Waals surface area contributed by atoms with Gasteiger partial charge in [-0.05, 0) is 31.0 Å². The van der Waals surface area contributed by atoms with Gasteiger partial charge in [0.05, 0.1) is 21.8 Å². The summed E-state index contributed by atoms with van der Waals surface area (Å²) in [5, 5.41) is 6.92. The molecule has 1 aromatic carbocycles. The minimum atomic E-state index is -0.467. The predicted molar refractivity (Wildman–Crippen MR) is 92.5 cm³/mol. The lowest BCUT2D eigenvalue weighted by Crippen LogP contribution is -2.40. The highest BCUT2D eigenvalue weighted by Gasteiger charge is 2.26. The molecule has 2 aliphatic heterocycles. The van der Waals surface area contributed by atoms with E-state index in [2.05, 4.69) is 20.5 Å². The van der Waals surface area contributed by atoms with Gasteiger partial charge in [0.15, 0.2) is 0 Å². The highest BCUT2D eigenvalue weighted by Crippen LogP contribution is 2.33. The van der Waals surface area contributed by atoms with Crippen LogP contribution in [0.5, 0.6) is 0 Å². The van der Waals surface area contributed by atoms with Crippen LogP contribution in [0.4, 0.5) is 5.69 Å². The maximum absolute atomic E-state index is 12.3. The smallest absolute Gasteiger partial charge is 0.253 e. The minimum Gasteiger partial charge on any atom is -0.370 e. The van der Waals surface area contributed by atoms with Gasteiger partial charge in [-0.1, -0.05) is 11.6 Å². The number of carbonyl (C=O) groups is 2. The summed E-state index contributed by atoms with van der Waals surface area (Å²) in [6, 6.07) is 5.10. The van der Waals surface area contributed by atoms with Gasteiger partial charge < -0.3 is 15.5 Å². The van der Waals surface area contributed by atoms with Gasteiger partial charge in [0.2, 0.25) is 5.91 Å². The quantitative estimate of drug-likeness (QED) is 0.889. The predicted octanol–water partition coefficient (Wildman–Crippen LogP) is 1.72. The minimum absolute atomic E-state index is 0.140. The standard InChI is InChI=1S/C17H17ClN4O2/c18-12-7-10-6-11(16(23)21-13-2-3-19-17(13)24)9-20-14(10)8-15(12)22-4-1-5-22/h6-9,13H,1-5H2,(H,19,24)(H,21,23). The molecule has 0 saturated carbocycles. The Kier molecular flexibility index (Phi) is 3.76. The molecule has 3 heterocycles. The Bertz CT molecular complexity index is 835. The highest BCUT2D eigenvalue weighted by atomic mass is 35.5. The summed E-state index contributed by atoms with van der Waals surface area (Å²) < 4.78 is 0. The van der Waals surface area contributed by atoms with E-state index in [1.54, 1.807) is 6.07 Å². The van der Waals surface area contributed by atoms with E-state index in [4.69, 9.17) is 11.6 Å². The van der Waals surface area contributed by atoms with Crippen LogP contribution in [0, 0.1) is 0 Å².